The summed E-state index contributed by atoms with van der Waals surface area (Å²) in [6.45, 7) is 10.1. The van der Waals surface area contributed by atoms with Crippen molar-refractivity contribution in [2.45, 2.75) is 64.2 Å². The molecule has 1 aliphatic heterocycles. The van der Waals surface area contributed by atoms with E-state index < -0.39 is 44.1 Å². The van der Waals surface area contributed by atoms with E-state index in [9.17, 15) is 14.7 Å². The summed E-state index contributed by atoms with van der Waals surface area (Å²) in [4.78, 5) is 32.2. The Morgan fingerprint density at radius 2 is 1.66 bits per heavy atom. The number of aromatic amines is 1. The minimum absolute atomic E-state index is 0.0541. The molecule has 1 aliphatic rings. The molecule has 2 N–H and O–H groups in total. The van der Waals surface area contributed by atoms with E-state index in [2.05, 4.69) is 55.2 Å². The summed E-state index contributed by atoms with van der Waals surface area (Å²) in [6.07, 6.45) is -0.960. The molecule has 0 unspecified atom stereocenters. The first-order chi connectivity index (χ1) is 19.6. The lowest BCUT2D eigenvalue weighted by Crippen LogP contribution is -2.67. The van der Waals surface area contributed by atoms with Gasteiger partial charge in [-0.1, -0.05) is 86.6 Å². The van der Waals surface area contributed by atoms with Crippen LogP contribution in [0.5, 0.6) is 0 Å². The fourth-order valence-electron chi connectivity index (χ4n) is 5.35. The molecule has 10 nitrogen and oxygen atoms in total. The number of hydrogen-bond acceptors (Lipinski definition) is 8. The van der Waals surface area contributed by atoms with Crippen molar-refractivity contribution in [1.29, 1.82) is 0 Å². The number of aliphatic hydroxyl groups is 1. The Morgan fingerprint density at radius 1 is 1.05 bits per heavy atom. The monoisotopic (exact) mass is 581 g/mol. The number of hydrogen-bond donors (Lipinski definition) is 2. The minimum Gasteiger partial charge on any atom is -0.405 e. The summed E-state index contributed by atoms with van der Waals surface area (Å²) in [7, 11) is -2.92. The summed E-state index contributed by atoms with van der Waals surface area (Å²) >= 11 is 0. The van der Waals surface area contributed by atoms with Gasteiger partial charge in [0.05, 0.1) is 13.2 Å². The zero-order valence-electron chi connectivity index (χ0n) is 24.2. The van der Waals surface area contributed by atoms with E-state index in [0.717, 1.165) is 10.4 Å². The van der Waals surface area contributed by atoms with Crippen LogP contribution in [-0.2, 0) is 18.7 Å². The molecule has 4 rings (SSSR count). The van der Waals surface area contributed by atoms with Gasteiger partial charge in [-0.15, -0.1) is 0 Å². The van der Waals surface area contributed by atoms with Crippen LogP contribution >= 0.6 is 0 Å². The van der Waals surface area contributed by atoms with E-state index >= 15 is 0 Å². The Kier molecular flexibility index (Phi) is 9.77. The van der Waals surface area contributed by atoms with Crippen molar-refractivity contribution < 1.29 is 23.8 Å². The Labute approximate surface area is 240 Å². The second kappa shape index (κ2) is 13.1. The summed E-state index contributed by atoms with van der Waals surface area (Å²) < 4.78 is 20.5. The first-order valence-corrected chi connectivity index (χ1v) is 15.6. The van der Waals surface area contributed by atoms with Crippen LogP contribution in [0.1, 0.15) is 39.5 Å². The molecule has 4 atom stereocenters. The molecule has 1 aromatic heterocycles. The third kappa shape index (κ3) is 6.44. The minimum atomic E-state index is -2.92. The Bertz CT molecular complexity index is 1380. The highest BCUT2D eigenvalue weighted by molar-refractivity contribution is 6.99. The van der Waals surface area contributed by atoms with Crippen molar-refractivity contribution in [1.82, 2.24) is 9.55 Å². The van der Waals surface area contributed by atoms with Crippen LogP contribution in [0.4, 0.5) is 0 Å². The van der Waals surface area contributed by atoms with Crippen LogP contribution in [0.25, 0.3) is 0 Å². The van der Waals surface area contributed by atoms with E-state index in [4.69, 9.17) is 18.7 Å². The molecular weight excluding hydrogens is 542 g/mol. The first-order valence-electron chi connectivity index (χ1n) is 13.7. The number of oxime groups is 1. The van der Waals surface area contributed by atoms with Gasteiger partial charge in [-0.25, -0.2) is 4.79 Å². The zero-order chi connectivity index (χ0) is 29.6. The van der Waals surface area contributed by atoms with Gasteiger partial charge in [-0.2, -0.15) is 0 Å². The van der Waals surface area contributed by atoms with Gasteiger partial charge >= 0.3 is 5.69 Å². The third-order valence-corrected chi connectivity index (χ3v) is 12.3. The molecule has 1 fully saturated rings. The predicted octanol–water partition coefficient (Wildman–Crippen LogP) is 2.09. The van der Waals surface area contributed by atoms with Crippen LogP contribution in [0.2, 0.25) is 5.04 Å². The van der Waals surface area contributed by atoms with Crippen molar-refractivity contribution in [2.75, 3.05) is 19.8 Å². The van der Waals surface area contributed by atoms with Crippen LogP contribution in [0, 0.1) is 6.92 Å². The number of aliphatic hydroxyl groups excluding tert-OH is 1. The molecule has 3 aromatic rings. The predicted molar refractivity (Wildman–Crippen MR) is 159 cm³/mol. The van der Waals surface area contributed by atoms with E-state index in [1.165, 1.54) is 17.0 Å². The molecule has 41 heavy (non-hydrogen) atoms. The molecule has 1 saturated heterocycles. The van der Waals surface area contributed by atoms with Gasteiger partial charge in [0.2, 0.25) is 0 Å². The van der Waals surface area contributed by atoms with E-state index in [1.807, 2.05) is 36.4 Å². The van der Waals surface area contributed by atoms with E-state index in [0.29, 0.717) is 5.56 Å². The Morgan fingerprint density at radius 3 is 2.22 bits per heavy atom. The lowest BCUT2D eigenvalue weighted by Gasteiger charge is -2.43. The lowest BCUT2D eigenvalue weighted by molar-refractivity contribution is -0.0839. The van der Waals surface area contributed by atoms with Crippen molar-refractivity contribution in [3.63, 3.8) is 0 Å². The van der Waals surface area contributed by atoms with Crippen molar-refractivity contribution in [3.05, 3.63) is 93.3 Å². The van der Waals surface area contributed by atoms with Crippen molar-refractivity contribution in [2.24, 2.45) is 5.16 Å². The van der Waals surface area contributed by atoms with E-state index in [1.54, 1.807) is 13.8 Å². The molecule has 0 radical (unpaired) electrons. The average Bonchev–Trinajstić information content (AvgIpc) is 3.26. The largest absolute Gasteiger partial charge is 0.405 e. The Hall–Kier alpha value is -3.35. The number of ether oxygens (including phenoxy) is 2. The molecule has 0 spiro atoms. The number of nitrogens with zero attached hydrogens (tertiary/aromatic N) is 2. The number of aromatic nitrogens is 2. The maximum absolute atomic E-state index is 12.8. The number of nitrogens with one attached hydrogen (secondary N) is 1. The highest BCUT2D eigenvalue weighted by atomic mass is 28.4. The van der Waals surface area contributed by atoms with Gasteiger partial charge in [0, 0.05) is 18.0 Å². The van der Waals surface area contributed by atoms with Crippen LogP contribution < -0.4 is 21.6 Å². The van der Waals surface area contributed by atoms with Crippen LogP contribution in [-0.4, -0.2) is 67.3 Å². The van der Waals surface area contributed by atoms with Crippen molar-refractivity contribution >= 4 is 24.9 Å². The highest BCUT2D eigenvalue weighted by Gasteiger charge is 2.52. The summed E-state index contributed by atoms with van der Waals surface area (Å²) in [5.41, 5.74) is -0.819. The standard InChI is InChI=1S/C30H39N3O7Si/c1-6-31-38-18-17-37-26-25(34)24(40-28(26)33-19-21(2)27(35)32-29(33)36)20-39-41(30(3,4)5,22-13-9-7-10-14-22)23-15-11-8-12-16-23/h6-16,19,24-26,28,34H,17-18,20H2,1-5H3,(H,32,35,36)/b31-6+/t24-,25-,26-,28-/m1/s1. The number of aryl methyl sites for hydroxylation is 1. The van der Waals surface area contributed by atoms with Gasteiger partial charge < -0.3 is 23.8 Å². The van der Waals surface area contributed by atoms with Crippen LogP contribution in [0.3, 0.4) is 0 Å². The normalized spacial score (nSPS) is 21.4. The quantitative estimate of drug-likeness (QED) is 0.154. The number of rotatable bonds is 11. The summed E-state index contributed by atoms with van der Waals surface area (Å²) in [5.74, 6) is 0. The average molecular weight is 582 g/mol. The SMILES string of the molecule is C/C=N/OCCO[C@@H]1[C@H](O)[C@@H](CO[Si](c2ccccc2)(c2ccccc2)C(C)(C)C)O[C@H]1n1cc(C)c(=O)[nH]c1=O. The molecule has 0 bridgehead atoms. The molecule has 2 heterocycles. The van der Waals surface area contributed by atoms with Gasteiger partial charge in [0.1, 0.15) is 24.9 Å². The van der Waals surface area contributed by atoms with Crippen LogP contribution in [0.15, 0.2) is 81.6 Å². The summed E-state index contributed by atoms with van der Waals surface area (Å²) in [6, 6.07) is 20.3. The van der Waals surface area contributed by atoms with Gasteiger partial charge in [0.25, 0.3) is 13.9 Å². The lowest BCUT2D eigenvalue weighted by atomic mass is 10.1. The zero-order valence-corrected chi connectivity index (χ0v) is 25.2. The second-order valence-electron chi connectivity index (χ2n) is 11.0. The molecule has 0 saturated carbocycles. The summed E-state index contributed by atoms with van der Waals surface area (Å²) in [5, 5.41) is 17.1. The fraction of sp³-hybridized carbons (Fsp3) is 0.433. The second-order valence-corrected chi connectivity index (χ2v) is 15.3. The van der Waals surface area contributed by atoms with Crippen molar-refractivity contribution in [3.8, 4) is 0 Å². The molecular formula is C30H39N3O7Si. The van der Waals surface area contributed by atoms with Gasteiger partial charge in [0.15, 0.2) is 6.23 Å². The smallest absolute Gasteiger partial charge is 0.330 e. The fourth-order valence-corrected chi connectivity index (χ4v) is 9.92. The molecule has 0 amide bonds. The highest BCUT2D eigenvalue weighted by Crippen LogP contribution is 2.38. The third-order valence-electron chi connectivity index (χ3n) is 7.28. The topological polar surface area (TPSA) is 124 Å². The Balaban J connectivity index is 1.68. The van der Waals surface area contributed by atoms with E-state index in [-0.39, 0.29) is 24.9 Å². The number of benzene rings is 2. The number of H-pyrrole nitrogens is 1. The van der Waals surface area contributed by atoms with Gasteiger partial charge in [-0.05, 0) is 29.3 Å². The maximum atomic E-state index is 12.8. The molecule has 0 aliphatic carbocycles. The molecule has 2 aromatic carbocycles. The maximum Gasteiger partial charge on any atom is 0.330 e. The first kappa shape index (κ1) is 30.6. The van der Waals surface area contributed by atoms with Gasteiger partial charge in [-0.3, -0.25) is 14.3 Å². The molecule has 11 heteroatoms. The molecule has 220 valence electrons.